The van der Waals surface area contributed by atoms with Crippen molar-refractivity contribution in [3.05, 3.63) is 23.8 Å². The van der Waals surface area contributed by atoms with Crippen LogP contribution in [0.3, 0.4) is 0 Å². The minimum Gasteiger partial charge on any atom is -0.0607 e. The topological polar surface area (TPSA) is 0 Å². The van der Waals surface area contributed by atoms with Crippen LogP contribution in [-0.4, -0.2) is 0 Å². The Morgan fingerprint density at radius 1 is 1.08 bits per heavy atom. The molecule has 13 heavy (non-hydrogen) atoms. The lowest BCUT2D eigenvalue weighted by molar-refractivity contribution is 0.575. The zero-order chi connectivity index (χ0) is 9.47. The number of hydrogen-bond donors (Lipinski definition) is 0. The molecule has 2 rings (SSSR count). The van der Waals surface area contributed by atoms with Crippen molar-refractivity contribution in [2.45, 2.75) is 36.0 Å². The lowest BCUT2D eigenvalue weighted by atomic mass is 9.87. The molecule has 0 amide bonds. The summed E-state index contributed by atoms with van der Waals surface area (Å²) in [6.07, 6.45) is 0. The van der Waals surface area contributed by atoms with E-state index in [4.69, 9.17) is 0 Å². The van der Waals surface area contributed by atoms with Crippen LogP contribution in [0, 0.1) is 0 Å². The van der Waals surface area contributed by atoms with E-state index in [2.05, 4.69) is 39.0 Å². The highest BCUT2D eigenvalue weighted by Crippen LogP contribution is 2.57. The van der Waals surface area contributed by atoms with E-state index in [0.29, 0.717) is 0 Å². The quantitative estimate of drug-likeness (QED) is 0.588. The van der Waals surface area contributed by atoms with E-state index in [9.17, 15) is 0 Å². The lowest BCUT2D eigenvalue weighted by Crippen LogP contribution is -2.12. The van der Waals surface area contributed by atoms with Gasteiger partial charge in [-0.1, -0.05) is 32.9 Å². The second-order valence-corrected chi connectivity index (χ2v) is 8.07. The first-order valence-corrected chi connectivity index (χ1v) is 7.72. The van der Waals surface area contributed by atoms with Gasteiger partial charge in [-0.25, -0.2) is 0 Å². The number of benzene rings is 1. The first-order chi connectivity index (χ1) is 6.09. The molecule has 1 aromatic rings. The maximum absolute atomic E-state index is 2.27. The van der Waals surface area contributed by atoms with E-state index in [0.717, 1.165) is 0 Å². The number of hydrogen-bond acceptors (Lipinski definition) is 3. The van der Waals surface area contributed by atoms with Gasteiger partial charge in [-0.15, -0.1) is 0 Å². The fraction of sp³-hybridized carbons (Fsp3) is 0.400. The molecule has 1 aliphatic rings. The Balaban J connectivity index is 2.54. The molecule has 0 unspecified atom stereocenters. The summed E-state index contributed by atoms with van der Waals surface area (Å²) in [5, 5.41) is 0. The molecular weight excluding hydrogens is 216 g/mol. The summed E-state index contributed by atoms with van der Waals surface area (Å²) >= 11 is 0. The van der Waals surface area contributed by atoms with Crippen LogP contribution < -0.4 is 0 Å². The Morgan fingerprint density at radius 2 is 1.85 bits per heavy atom. The van der Waals surface area contributed by atoms with Gasteiger partial charge in [0.2, 0.25) is 0 Å². The number of rotatable bonds is 0. The summed E-state index contributed by atoms with van der Waals surface area (Å²) in [5.41, 5.74) is 1.75. The molecule has 3 heteroatoms. The third-order valence-electron chi connectivity index (χ3n) is 2.03. The summed E-state index contributed by atoms with van der Waals surface area (Å²) in [5.74, 6) is 0. The Bertz CT molecular complexity index is 325. The highest BCUT2D eigenvalue weighted by atomic mass is 33.5. The molecule has 0 saturated heterocycles. The maximum atomic E-state index is 2.27. The average molecular weight is 228 g/mol. The molecule has 1 heterocycles. The SMILES string of the molecule is CC(C)(C)c1cccc2c1SSS2. The van der Waals surface area contributed by atoms with Gasteiger partial charge in [0.25, 0.3) is 0 Å². The van der Waals surface area contributed by atoms with E-state index in [1.54, 1.807) is 0 Å². The molecule has 1 aromatic carbocycles. The van der Waals surface area contributed by atoms with Crippen LogP contribution in [0.5, 0.6) is 0 Å². The Labute approximate surface area is 91.1 Å². The summed E-state index contributed by atoms with van der Waals surface area (Å²) in [6.45, 7) is 6.82. The molecule has 0 fully saturated rings. The lowest BCUT2D eigenvalue weighted by Gasteiger charge is -2.21. The minimum absolute atomic E-state index is 0.268. The highest BCUT2D eigenvalue weighted by molar-refractivity contribution is 9.10. The van der Waals surface area contributed by atoms with Crippen LogP contribution in [-0.2, 0) is 5.41 Å². The zero-order valence-corrected chi connectivity index (χ0v) is 10.4. The first kappa shape index (κ1) is 9.81. The standard InChI is InChI=1S/C10H12S3/c1-10(2,3)7-5-4-6-8-9(7)12-13-11-8/h4-6H,1-3H3. The summed E-state index contributed by atoms with van der Waals surface area (Å²) in [4.78, 5) is 2.91. The van der Waals surface area contributed by atoms with Crippen LogP contribution in [0.4, 0.5) is 0 Å². The Morgan fingerprint density at radius 3 is 2.54 bits per heavy atom. The molecule has 0 radical (unpaired) electrons. The average Bonchev–Trinajstić information content (AvgIpc) is 2.48. The van der Waals surface area contributed by atoms with Gasteiger partial charge in [0.15, 0.2) is 0 Å². The van der Waals surface area contributed by atoms with Crippen molar-refractivity contribution >= 4 is 31.4 Å². The van der Waals surface area contributed by atoms with Crippen molar-refractivity contribution in [3.8, 4) is 0 Å². The van der Waals surface area contributed by atoms with Crippen molar-refractivity contribution < 1.29 is 0 Å². The summed E-state index contributed by atoms with van der Waals surface area (Å²) in [7, 11) is 5.65. The van der Waals surface area contributed by atoms with Crippen molar-refractivity contribution in [2.75, 3.05) is 0 Å². The van der Waals surface area contributed by atoms with Gasteiger partial charge in [-0.05, 0) is 48.5 Å². The predicted octanol–water partition coefficient (Wildman–Crippen LogP) is 4.75. The molecule has 0 aromatic heterocycles. The monoisotopic (exact) mass is 228 g/mol. The smallest absolute Gasteiger partial charge is 0.0373 e. The first-order valence-electron chi connectivity index (χ1n) is 4.24. The van der Waals surface area contributed by atoms with Crippen LogP contribution >= 0.6 is 31.4 Å². The largest absolute Gasteiger partial charge is 0.0607 e. The van der Waals surface area contributed by atoms with E-state index in [1.165, 1.54) is 15.4 Å². The maximum Gasteiger partial charge on any atom is 0.0373 e. The second kappa shape index (κ2) is 3.44. The predicted molar refractivity (Wildman–Crippen MR) is 64.4 cm³/mol. The van der Waals surface area contributed by atoms with E-state index >= 15 is 0 Å². The van der Waals surface area contributed by atoms with Gasteiger partial charge in [0, 0.05) is 9.79 Å². The third-order valence-corrected chi connectivity index (χ3v) is 6.09. The highest BCUT2D eigenvalue weighted by Gasteiger charge is 2.23. The van der Waals surface area contributed by atoms with Crippen molar-refractivity contribution in [3.63, 3.8) is 0 Å². The molecule has 0 N–H and O–H groups in total. The normalized spacial score (nSPS) is 15.9. The van der Waals surface area contributed by atoms with Gasteiger partial charge in [-0.2, -0.15) is 0 Å². The third kappa shape index (κ3) is 1.88. The zero-order valence-electron chi connectivity index (χ0n) is 7.96. The molecule has 0 aliphatic carbocycles. The number of fused-ring (bicyclic) bond motifs is 1. The summed E-state index contributed by atoms with van der Waals surface area (Å²) in [6, 6.07) is 6.62. The van der Waals surface area contributed by atoms with E-state index in [1.807, 2.05) is 31.4 Å². The Kier molecular flexibility index (Phi) is 2.60. The van der Waals surface area contributed by atoms with Crippen LogP contribution in [0.2, 0.25) is 0 Å². The van der Waals surface area contributed by atoms with Crippen LogP contribution in [0.25, 0.3) is 0 Å². The molecule has 0 atom stereocenters. The van der Waals surface area contributed by atoms with Gasteiger partial charge in [0.05, 0.1) is 0 Å². The molecule has 70 valence electrons. The molecular formula is C10H12S3. The fourth-order valence-electron chi connectivity index (χ4n) is 1.35. The van der Waals surface area contributed by atoms with E-state index < -0.39 is 0 Å². The van der Waals surface area contributed by atoms with Crippen LogP contribution in [0.15, 0.2) is 28.0 Å². The Hall–Kier alpha value is 0.270. The minimum atomic E-state index is 0.268. The molecule has 0 bridgehead atoms. The molecule has 0 nitrogen and oxygen atoms in total. The van der Waals surface area contributed by atoms with Crippen molar-refractivity contribution in [1.82, 2.24) is 0 Å². The molecule has 0 spiro atoms. The van der Waals surface area contributed by atoms with Gasteiger partial charge in [-0.3, -0.25) is 0 Å². The second-order valence-electron chi connectivity index (χ2n) is 4.12. The van der Waals surface area contributed by atoms with Gasteiger partial charge < -0.3 is 0 Å². The van der Waals surface area contributed by atoms with E-state index in [-0.39, 0.29) is 5.41 Å². The van der Waals surface area contributed by atoms with Gasteiger partial charge >= 0.3 is 0 Å². The van der Waals surface area contributed by atoms with Crippen molar-refractivity contribution in [2.24, 2.45) is 0 Å². The van der Waals surface area contributed by atoms with Crippen LogP contribution in [0.1, 0.15) is 26.3 Å². The molecule has 1 aliphatic heterocycles. The molecule has 0 saturated carbocycles. The van der Waals surface area contributed by atoms with Gasteiger partial charge in [0.1, 0.15) is 0 Å². The fourth-order valence-corrected chi connectivity index (χ4v) is 6.08. The van der Waals surface area contributed by atoms with Crippen molar-refractivity contribution in [1.29, 1.82) is 0 Å². The summed E-state index contributed by atoms with van der Waals surface area (Å²) < 4.78 is 0.